The molecule has 0 aliphatic heterocycles. The predicted octanol–water partition coefficient (Wildman–Crippen LogP) is 3.12. The van der Waals surface area contributed by atoms with E-state index in [0.717, 1.165) is 12.8 Å². The minimum absolute atomic E-state index is 0.0611. The summed E-state index contributed by atoms with van der Waals surface area (Å²) in [4.78, 5) is 10.9. The van der Waals surface area contributed by atoms with Gasteiger partial charge in [0.1, 0.15) is 0 Å². The molecule has 2 rings (SSSR count). The summed E-state index contributed by atoms with van der Waals surface area (Å²) in [5.74, 6) is -0.685. The van der Waals surface area contributed by atoms with Gasteiger partial charge in [-0.1, -0.05) is 12.1 Å². The lowest BCUT2D eigenvalue weighted by Crippen LogP contribution is -2.14. The third-order valence-electron chi connectivity index (χ3n) is 3.76. The molecule has 0 radical (unpaired) electrons. The summed E-state index contributed by atoms with van der Waals surface area (Å²) in [6.07, 6.45) is 2.31. The molecule has 0 aromatic heterocycles. The maximum absolute atomic E-state index is 10.9. The van der Waals surface area contributed by atoms with Gasteiger partial charge in [-0.15, -0.1) is 0 Å². The molecule has 0 saturated heterocycles. The Labute approximate surface area is 96.3 Å². The van der Waals surface area contributed by atoms with E-state index in [1.165, 1.54) is 22.3 Å². The van der Waals surface area contributed by atoms with Crippen LogP contribution in [0.1, 0.15) is 41.5 Å². The molecular formula is C14H18O2. The van der Waals surface area contributed by atoms with Crippen LogP contribution >= 0.6 is 0 Å². The van der Waals surface area contributed by atoms with E-state index in [-0.39, 0.29) is 11.8 Å². The van der Waals surface area contributed by atoms with Crippen LogP contribution in [0.4, 0.5) is 0 Å². The van der Waals surface area contributed by atoms with Gasteiger partial charge >= 0.3 is 5.97 Å². The van der Waals surface area contributed by atoms with Crippen molar-refractivity contribution in [3.63, 3.8) is 0 Å². The summed E-state index contributed by atoms with van der Waals surface area (Å²) in [6, 6.07) is 4.35. The van der Waals surface area contributed by atoms with Crippen molar-refractivity contribution in [1.29, 1.82) is 0 Å². The highest BCUT2D eigenvalue weighted by molar-refractivity contribution is 5.70. The van der Waals surface area contributed by atoms with Crippen molar-refractivity contribution < 1.29 is 9.90 Å². The lowest BCUT2D eigenvalue weighted by atomic mass is 9.86. The van der Waals surface area contributed by atoms with E-state index in [4.69, 9.17) is 5.11 Å². The molecule has 0 heterocycles. The zero-order valence-electron chi connectivity index (χ0n) is 10.1. The highest BCUT2D eigenvalue weighted by Gasteiger charge is 2.46. The van der Waals surface area contributed by atoms with Crippen molar-refractivity contribution in [3.8, 4) is 0 Å². The predicted molar refractivity (Wildman–Crippen MR) is 63.8 cm³/mol. The van der Waals surface area contributed by atoms with Gasteiger partial charge in [0.15, 0.2) is 0 Å². The quantitative estimate of drug-likeness (QED) is 0.846. The van der Waals surface area contributed by atoms with E-state index in [1.807, 2.05) is 0 Å². The van der Waals surface area contributed by atoms with Gasteiger partial charge in [0.05, 0.1) is 6.42 Å². The molecule has 86 valence electrons. The van der Waals surface area contributed by atoms with E-state index >= 15 is 0 Å². The van der Waals surface area contributed by atoms with Gasteiger partial charge in [-0.3, -0.25) is 4.79 Å². The number of hydrogen-bond donors (Lipinski definition) is 1. The number of hydrogen-bond acceptors (Lipinski definition) is 1. The summed E-state index contributed by atoms with van der Waals surface area (Å²) >= 11 is 0. The van der Waals surface area contributed by atoms with E-state index in [0.29, 0.717) is 0 Å². The van der Waals surface area contributed by atoms with Crippen molar-refractivity contribution in [2.45, 2.75) is 45.4 Å². The Morgan fingerprint density at radius 3 is 2.25 bits per heavy atom. The Bertz CT molecular complexity index is 442. The summed E-state index contributed by atoms with van der Waals surface area (Å²) in [7, 11) is 0. The minimum atomic E-state index is -0.685. The first-order valence-corrected chi connectivity index (χ1v) is 5.75. The summed E-state index contributed by atoms with van der Waals surface area (Å²) in [6.45, 7) is 6.28. The van der Waals surface area contributed by atoms with Crippen molar-refractivity contribution >= 4 is 5.97 Å². The molecule has 1 aromatic carbocycles. The third-order valence-corrected chi connectivity index (χ3v) is 3.76. The summed E-state index contributed by atoms with van der Waals surface area (Å²) in [5, 5.41) is 8.97. The van der Waals surface area contributed by atoms with Crippen molar-refractivity contribution in [1.82, 2.24) is 0 Å². The number of aryl methyl sites for hydroxylation is 3. The van der Waals surface area contributed by atoms with Crippen LogP contribution in [0.3, 0.4) is 0 Å². The van der Waals surface area contributed by atoms with Crippen LogP contribution in [0.5, 0.6) is 0 Å². The average molecular weight is 218 g/mol. The second-order valence-corrected chi connectivity index (χ2v) is 5.10. The Morgan fingerprint density at radius 2 is 1.75 bits per heavy atom. The molecule has 1 aliphatic carbocycles. The molecular weight excluding hydrogens is 200 g/mol. The van der Waals surface area contributed by atoms with Crippen LogP contribution in [0, 0.1) is 20.8 Å². The van der Waals surface area contributed by atoms with Crippen molar-refractivity contribution in [3.05, 3.63) is 34.4 Å². The van der Waals surface area contributed by atoms with Gasteiger partial charge in [-0.25, -0.2) is 0 Å². The molecule has 0 unspecified atom stereocenters. The van der Waals surface area contributed by atoms with E-state index in [9.17, 15) is 4.79 Å². The van der Waals surface area contributed by atoms with E-state index in [2.05, 4.69) is 32.9 Å². The summed E-state index contributed by atoms with van der Waals surface area (Å²) in [5.41, 5.74) is 4.97. The first kappa shape index (κ1) is 11.2. The molecule has 16 heavy (non-hydrogen) atoms. The van der Waals surface area contributed by atoms with Crippen LogP contribution < -0.4 is 0 Å². The molecule has 1 aromatic rings. The minimum Gasteiger partial charge on any atom is -0.481 e. The van der Waals surface area contributed by atoms with Gasteiger partial charge < -0.3 is 5.11 Å². The molecule has 0 spiro atoms. The lowest BCUT2D eigenvalue weighted by molar-refractivity contribution is -0.137. The standard InChI is InChI=1S/C14H18O2/c1-9-6-11(3)12(7-10(9)2)14(4-5-14)8-13(15)16/h6-7H,4-5,8H2,1-3H3,(H,15,16). The topological polar surface area (TPSA) is 37.3 Å². The van der Waals surface area contributed by atoms with Gasteiger partial charge in [0.25, 0.3) is 0 Å². The third kappa shape index (κ3) is 1.84. The number of benzene rings is 1. The number of carboxylic acids is 1. The van der Waals surface area contributed by atoms with E-state index in [1.54, 1.807) is 0 Å². The molecule has 1 aliphatic rings. The molecule has 2 heteroatoms. The Morgan fingerprint density at radius 1 is 1.19 bits per heavy atom. The molecule has 0 atom stereocenters. The normalized spacial score (nSPS) is 17.2. The van der Waals surface area contributed by atoms with Crippen LogP contribution in [-0.4, -0.2) is 11.1 Å². The molecule has 0 amide bonds. The van der Waals surface area contributed by atoms with Gasteiger partial charge in [0.2, 0.25) is 0 Å². The molecule has 1 N–H and O–H groups in total. The summed E-state index contributed by atoms with van der Waals surface area (Å²) < 4.78 is 0. The van der Waals surface area contributed by atoms with Crippen molar-refractivity contribution in [2.24, 2.45) is 0 Å². The molecule has 1 saturated carbocycles. The number of aliphatic carboxylic acids is 1. The number of carbonyl (C=O) groups is 1. The largest absolute Gasteiger partial charge is 0.481 e. The highest BCUT2D eigenvalue weighted by atomic mass is 16.4. The Balaban J connectivity index is 2.41. The van der Waals surface area contributed by atoms with Crippen LogP contribution in [0.2, 0.25) is 0 Å². The van der Waals surface area contributed by atoms with E-state index < -0.39 is 5.97 Å². The molecule has 1 fully saturated rings. The van der Waals surface area contributed by atoms with Crippen LogP contribution in [-0.2, 0) is 10.2 Å². The first-order valence-electron chi connectivity index (χ1n) is 5.75. The fourth-order valence-electron chi connectivity index (χ4n) is 2.51. The fourth-order valence-corrected chi connectivity index (χ4v) is 2.51. The zero-order chi connectivity index (χ0) is 11.9. The lowest BCUT2D eigenvalue weighted by Gasteiger charge is -2.18. The zero-order valence-corrected chi connectivity index (χ0v) is 10.1. The maximum atomic E-state index is 10.9. The van der Waals surface area contributed by atoms with Crippen molar-refractivity contribution in [2.75, 3.05) is 0 Å². The molecule has 0 bridgehead atoms. The van der Waals surface area contributed by atoms with Crippen LogP contribution in [0.25, 0.3) is 0 Å². The SMILES string of the molecule is Cc1cc(C)c(C2(CC(=O)O)CC2)cc1C. The van der Waals surface area contributed by atoms with Crippen LogP contribution in [0.15, 0.2) is 12.1 Å². The number of rotatable bonds is 3. The fraction of sp³-hybridized carbons (Fsp3) is 0.500. The molecule has 2 nitrogen and oxygen atoms in total. The Hall–Kier alpha value is -1.31. The maximum Gasteiger partial charge on any atom is 0.304 e. The van der Waals surface area contributed by atoms with Gasteiger partial charge in [-0.05, 0) is 55.9 Å². The second kappa shape index (κ2) is 3.62. The monoisotopic (exact) mass is 218 g/mol. The average Bonchev–Trinajstić information content (AvgIpc) is 2.91. The second-order valence-electron chi connectivity index (χ2n) is 5.10. The first-order chi connectivity index (χ1) is 7.44. The number of carboxylic acid groups (broad SMARTS) is 1. The highest BCUT2D eigenvalue weighted by Crippen LogP contribution is 2.52. The van der Waals surface area contributed by atoms with Gasteiger partial charge in [-0.2, -0.15) is 0 Å². The van der Waals surface area contributed by atoms with Gasteiger partial charge in [0, 0.05) is 5.41 Å². The smallest absolute Gasteiger partial charge is 0.304 e. The Kier molecular flexibility index (Phi) is 2.53.